The minimum atomic E-state index is -0.316. The van der Waals surface area contributed by atoms with E-state index >= 15 is 0 Å². The maximum absolute atomic E-state index is 11.5. The summed E-state index contributed by atoms with van der Waals surface area (Å²) in [7, 11) is 3.32. The van der Waals surface area contributed by atoms with Crippen molar-refractivity contribution in [3.8, 4) is 0 Å². The van der Waals surface area contributed by atoms with Crippen LogP contribution in [-0.4, -0.2) is 20.1 Å². The third-order valence-electron chi connectivity index (χ3n) is 3.60. The minimum absolute atomic E-state index is 0.104. The summed E-state index contributed by atoms with van der Waals surface area (Å²) in [6.07, 6.45) is 2.16. The number of rotatable bonds is 5. The Morgan fingerprint density at radius 3 is 2.27 bits per heavy atom. The van der Waals surface area contributed by atoms with Crippen molar-refractivity contribution in [2.24, 2.45) is 0 Å². The average Bonchev–Trinajstić information content (AvgIpc) is 2.56. The van der Waals surface area contributed by atoms with Crippen LogP contribution >= 0.6 is 0 Å². The van der Waals surface area contributed by atoms with Crippen molar-refractivity contribution in [2.75, 3.05) is 14.2 Å². The molecule has 3 nitrogen and oxygen atoms in total. The summed E-state index contributed by atoms with van der Waals surface area (Å²) in [6, 6.07) is 17.8. The number of ether oxygens (including phenoxy) is 1. The van der Waals surface area contributed by atoms with Gasteiger partial charge in [0.1, 0.15) is 0 Å². The third kappa shape index (κ3) is 3.83. The van der Waals surface area contributed by atoms with Crippen LogP contribution in [0.4, 0.5) is 0 Å². The summed E-state index contributed by atoms with van der Waals surface area (Å²) in [5.41, 5.74) is 4.05. The van der Waals surface area contributed by atoms with Gasteiger partial charge in [0.25, 0.3) is 0 Å². The summed E-state index contributed by atoms with van der Waals surface area (Å²) in [5, 5.41) is 3.32. The van der Waals surface area contributed by atoms with Gasteiger partial charge in [0.15, 0.2) is 0 Å². The zero-order valence-corrected chi connectivity index (χ0v) is 13.2. The molecule has 3 heteroatoms. The number of likely N-dealkylation sites (N-methyl/N-ethyl adjacent to an activating group) is 1. The predicted molar refractivity (Wildman–Crippen MR) is 89.7 cm³/mol. The van der Waals surface area contributed by atoms with Gasteiger partial charge in [0.05, 0.1) is 18.7 Å². The van der Waals surface area contributed by atoms with Gasteiger partial charge in [0, 0.05) is 0 Å². The van der Waals surface area contributed by atoms with Gasteiger partial charge in [-0.2, -0.15) is 0 Å². The molecule has 2 aromatic rings. The van der Waals surface area contributed by atoms with Crippen LogP contribution in [0.1, 0.15) is 34.5 Å². The zero-order chi connectivity index (χ0) is 15.9. The van der Waals surface area contributed by atoms with Crippen molar-refractivity contribution in [3.05, 3.63) is 76.9 Å². The molecule has 0 aliphatic rings. The molecule has 1 unspecified atom stereocenters. The molecule has 0 saturated carbocycles. The lowest BCUT2D eigenvalue weighted by molar-refractivity contribution is 0.0600. The fourth-order valence-electron chi connectivity index (χ4n) is 2.48. The SMILES string of the molecule is CNC(/C(C)=C/c1ccccc1)c1ccc(C(=O)OC)cc1. The van der Waals surface area contributed by atoms with E-state index in [0.717, 1.165) is 5.56 Å². The number of methoxy groups -OCH3 is 1. The highest BCUT2D eigenvalue weighted by atomic mass is 16.5. The van der Waals surface area contributed by atoms with Crippen LogP contribution in [0.3, 0.4) is 0 Å². The van der Waals surface area contributed by atoms with E-state index in [2.05, 4.69) is 30.4 Å². The number of esters is 1. The van der Waals surface area contributed by atoms with Crippen LogP contribution in [0.5, 0.6) is 0 Å². The van der Waals surface area contributed by atoms with E-state index in [1.165, 1.54) is 18.2 Å². The second-order valence-corrected chi connectivity index (χ2v) is 5.13. The monoisotopic (exact) mass is 295 g/mol. The van der Waals surface area contributed by atoms with Gasteiger partial charge in [-0.05, 0) is 37.2 Å². The molecule has 1 N–H and O–H groups in total. The first-order valence-corrected chi connectivity index (χ1v) is 7.24. The molecule has 0 aliphatic carbocycles. The number of hydrogen-bond donors (Lipinski definition) is 1. The lowest BCUT2D eigenvalue weighted by Crippen LogP contribution is -2.17. The van der Waals surface area contributed by atoms with E-state index in [1.807, 2.05) is 37.4 Å². The topological polar surface area (TPSA) is 38.3 Å². The number of nitrogens with one attached hydrogen (secondary N) is 1. The molecule has 0 saturated heterocycles. The van der Waals surface area contributed by atoms with Crippen LogP contribution in [0.2, 0.25) is 0 Å². The summed E-state index contributed by atoms with van der Waals surface area (Å²) < 4.78 is 4.72. The summed E-state index contributed by atoms with van der Waals surface area (Å²) >= 11 is 0. The highest BCUT2D eigenvalue weighted by Crippen LogP contribution is 2.23. The van der Waals surface area contributed by atoms with Gasteiger partial charge < -0.3 is 10.1 Å². The molecule has 2 rings (SSSR count). The van der Waals surface area contributed by atoms with Crippen molar-refractivity contribution in [2.45, 2.75) is 13.0 Å². The molecule has 114 valence electrons. The maximum atomic E-state index is 11.5. The molecule has 1 atom stereocenters. The number of hydrogen-bond acceptors (Lipinski definition) is 3. The second-order valence-electron chi connectivity index (χ2n) is 5.13. The number of carbonyl (C=O) groups excluding carboxylic acids is 1. The third-order valence-corrected chi connectivity index (χ3v) is 3.60. The second kappa shape index (κ2) is 7.57. The van der Waals surface area contributed by atoms with Crippen LogP contribution in [-0.2, 0) is 4.74 Å². The van der Waals surface area contributed by atoms with Gasteiger partial charge in [-0.25, -0.2) is 4.79 Å². The van der Waals surface area contributed by atoms with Gasteiger partial charge in [-0.1, -0.05) is 54.1 Å². The highest BCUT2D eigenvalue weighted by Gasteiger charge is 2.12. The van der Waals surface area contributed by atoms with E-state index in [0.29, 0.717) is 5.56 Å². The van der Waals surface area contributed by atoms with Crippen molar-refractivity contribution in [1.82, 2.24) is 5.32 Å². The Balaban J connectivity index is 2.24. The van der Waals surface area contributed by atoms with Crippen LogP contribution < -0.4 is 5.32 Å². The molecule has 0 bridgehead atoms. The Kier molecular flexibility index (Phi) is 5.50. The molecular weight excluding hydrogens is 274 g/mol. The molecule has 0 amide bonds. The molecule has 0 heterocycles. The Morgan fingerprint density at radius 2 is 1.73 bits per heavy atom. The van der Waals surface area contributed by atoms with E-state index in [4.69, 9.17) is 4.74 Å². The molecular formula is C19H21NO2. The summed E-state index contributed by atoms with van der Waals surface area (Å²) in [6.45, 7) is 2.10. The number of benzene rings is 2. The van der Waals surface area contributed by atoms with E-state index in [9.17, 15) is 4.79 Å². The van der Waals surface area contributed by atoms with E-state index < -0.39 is 0 Å². The van der Waals surface area contributed by atoms with Crippen molar-refractivity contribution < 1.29 is 9.53 Å². The summed E-state index contributed by atoms with van der Waals surface area (Å²) in [4.78, 5) is 11.5. The first kappa shape index (κ1) is 16.0. The smallest absolute Gasteiger partial charge is 0.337 e. The molecule has 0 spiro atoms. The van der Waals surface area contributed by atoms with E-state index in [1.54, 1.807) is 12.1 Å². The summed E-state index contributed by atoms with van der Waals surface area (Å²) in [5.74, 6) is -0.316. The maximum Gasteiger partial charge on any atom is 0.337 e. The van der Waals surface area contributed by atoms with Crippen LogP contribution in [0.25, 0.3) is 6.08 Å². The highest BCUT2D eigenvalue weighted by molar-refractivity contribution is 5.89. The van der Waals surface area contributed by atoms with Crippen LogP contribution in [0.15, 0.2) is 60.2 Å². The predicted octanol–water partition coefficient (Wildman–Crippen LogP) is 3.84. The lowest BCUT2D eigenvalue weighted by atomic mass is 9.97. The molecule has 0 aromatic heterocycles. The zero-order valence-electron chi connectivity index (χ0n) is 13.2. The first-order valence-electron chi connectivity index (χ1n) is 7.24. The number of carbonyl (C=O) groups is 1. The van der Waals surface area contributed by atoms with Crippen molar-refractivity contribution in [1.29, 1.82) is 0 Å². The standard InChI is InChI=1S/C19H21NO2/c1-14(13-15-7-5-4-6-8-15)18(20-2)16-9-11-17(12-10-16)19(21)22-3/h4-13,18,20H,1-3H3/b14-13+. The lowest BCUT2D eigenvalue weighted by Gasteiger charge is -2.18. The Morgan fingerprint density at radius 1 is 1.09 bits per heavy atom. The Labute approximate surface area is 131 Å². The van der Waals surface area contributed by atoms with Crippen molar-refractivity contribution >= 4 is 12.0 Å². The molecule has 0 aliphatic heterocycles. The molecule has 0 radical (unpaired) electrons. The fourth-order valence-corrected chi connectivity index (χ4v) is 2.48. The molecule has 22 heavy (non-hydrogen) atoms. The van der Waals surface area contributed by atoms with Gasteiger partial charge >= 0.3 is 5.97 Å². The molecule has 2 aromatic carbocycles. The first-order chi connectivity index (χ1) is 10.7. The van der Waals surface area contributed by atoms with E-state index in [-0.39, 0.29) is 12.0 Å². The fraction of sp³-hybridized carbons (Fsp3) is 0.211. The Bertz CT molecular complexity index is 645. The van der Waals surface area contributed by atoms with Gasteiger partial charge in [-0.15, -0.1) is 0 Å². The van der Waals surface area contributed by atoms with Crippen LogP contribution in [0, 0.1) is 0 Å². The van der Waals surface area contributed by atoms with Gasteiger partial charge in [0.2, 0.25) is 0 Å². The molecule has 0 fully saturated rings. The minimum Gasteiger partial charge on any atom is -0.465 e. The average molecular weight is 295 g/mol. The quantitative estimate of drug-likeness (QED) is 0.852. The Hall–Kier alpha value is -2.39. The van der Waals surface area contributed by atoms with Gasteiger partial charge in [-0.3, -0.25) is 0 Å². The van der Waals surface area contributed by atoms with Crippen molar-refractivity contribution in [3.63, 3.8) is 0 Å². The normalized spacial score (nSPS) is 12.8. The largest absolute Gasteiger partial charge is 0.465 e.